The maximum absolute atomic E-state index is 16.0. The molecule has 0 unspecified atom stereocenters. The fourth-order valence-electron chi connectivity index (χ4n) is 16.8. The molecule has 4 aromatic rings. The minimum absolute atomic E-state index is 0.00365. The van der Waals surface area contributed by atoms with Crippen LogP contribution in [0.25, 0.3) is 0 Å². The van der Waals surface area contributed by atoms with Gasteiger partial charge in [0.25, 0.3) is 0 Å². The number of fused-ring (bicyclic) bond motifs is 1. The van der Waals surface area contributed by atoms with Crippen LogP contribution in [0.4, 0.5) is 0 Å². The van der Waals surface area contributed by atoms with Gasteiger partial charge in [-0.2, -0.15) is 0 Å². The molecule has 0 radical (unpaired) electrons. The third-order valence-electron chi connectivity index (χ3n) is 24.8. The highest BCUT2D eigenvalue weighted by Crippen LogP contribution is 2.29. The Morgan fingerprint density at radius 2 is 1.06 bits per heavy atom. The second kappa shape index (κ2) is 58.2. The quantitative estimate of drug-likeness (QED) is 0.00949. The van der Waals surface area contributed by atoms with E-state index < -0.39 is 228 Å². The minimum Gasteiger partial charge on any atom is -0.508 e. The van der Waals surface area contributed by atoms with Crippen LogP contribution in [0.1, 0.15) is 184 Å². The van der Waals surface area contributed by atoms with Gasteiger partial charge in [0, 0.05) is 81.9 Å². The summed E-state index contributed by atoms with van der Waals surface area (Å²) in [5, 5.41) is 94.5. The molecule has 8 rings (SSSR count). The lowest BCUT2D eigenvalue weighted by Gasteiger charge is -2.33. The number of hydrogen-bond acceptors (Lipinski definition) is 27. The van der Waals surface area contributed by atoms with Gasteiger partial charge in [-0.3, -0.25) is 82.7 Å². The van der Waals surface area contributed by atoms with Crippen LogP contribution in [0.2, 0.25) is 0 Å². The average molecular weight is 2010 g/mol. The molecule has 141 heavy (non-hydrogen) atoms. The smallest absolute Gasteiger partial charge is 0.326 e. The van der Waals surface area contributed by atoms with Gasteiger partial charge in [-0.1, -0.05) is 110 Å². The monoisotopic (exact) mass is 2010 g/mol. The maximum atomic E-state index is 16.0. The number of H-pyrrole nitrogens is 1. The topological polar surface area (TPSA) is 739 Å². The molecule has 16 atom stereocenters. The van der Waals surface area contributed by atoms with Crippen molar-refractivity contribution in [2.24, 2.45) is 28.7 Å². The second-order valence-electron chi connectivity index (χ2n) is 35.8. The summed E-state index contributed by atoms with van der Waals surface area (Å²) in [7, 11) is 1.59. The molecule has 4 aliphatic rings. The molecule has 774 valence electrons. The molecule has 4 saturated heterocycles. The summed E-state index contributed by atoms with van der Waals surface area (Å²) in [6.45, 7) is 4.96. The van der Waals surface area contributed by atoms with Crippen molar-refractivity contribution >= 4 is 128 Å². The third kappa shape index (κ3) is 37.1. The predicted molar refractivity (Wildman–Crippen MR) is 524 cm³/mol. The van der Waals surface area contributed by atoms with Crippen molar-refractivity contribution in [3.05, 3.63) is 108 Å². The molecule has 48 heteroatoms. The zero-order chi connectivity index (χ0) is 103. The number of likely N-dealkylation sites (tertiary alicyclic amines) is 2. The lowest BCUT2D eigenvalue weighted by atomic mass is 10.0. The van der Waals surface area contributed by atoms with Crippen molar-refractivity contribution in [1.82, 2.24) is 99.1 Å². The molecule has 46 nitrogen and oxygen atoms in total. The fourth-order valence-corrected chi connectivity index (χ4v) is 19.2. The van der Waals surface area contributed by atoms with Gasteiger partial charge in [-0.25, -0.2) is 9.78 Å². The van der Waals surface area contributed by atoms with Gasteiger partial charge in [0.2, 0.25) is 88.6 Å². The molecule has 31 N–H and O–H groups in total. The van der Waals surface area contributed by atoms with Crippen molar-refractivity contribution in [3.8, 4) is 17.2 Å². The van der Waals surface area contributed by atoms with Crippen LogP contribution < -0.4 is 103 Å². The van der Waals surface area contributed by atoms with E-state index in [1.165, 1.54) is 102 Å². The summed E-state index contributed by atoms with van der Waals surface area (Å²) < 4.78 is 0. The number of phenols is 3. The Morgan fingerprint density at radius 1 is 0.539 bits per heavy atom. The highest BCUT2D eigenvalue weighted by atomic mass is 33.1. The summed E-state index contributed by atoms with van der Waals surface area (Å²) in [6.07, 6.45) is 9.03. The van der Waals surface area contributed by atoms with Crippen molar-refractivity contribution in [2.75, 3.05) is 57.3 Å². The van der Waals surface area contributed by atoms with Crippen LogP contribution in [-0.2, 0) is 102 Å². The number of nitrogens with zero attached hydrogens (tertiary/aromatic N) is 4. The fraction of sp³-hybridized carbons (Fsp3) is 0.581. The molecule has 5 heterocycles. The standard InChI is InChI=1S/C93H140N26O20S2/c1-4-5-6-7-8-9-10-18-64(80(127)111-67(19-11-12-38-94)89(136)118-43-16-23-74(118)90(137)119-44-17-24-75(119)91(138)139)109-83(130)68(46-56-27-33-60(121)34-28-56)114-86(133)72-51-141-140-50-71(115-76(123)53(2)106-82(129)70(48-58-49-101-52-105-58)112-78(125)63(96)45-55-25-31-59(120)32-26-55)85(132)110-65(20-13-39-103-92(97)98)79(126)107-54(3)88(135)117-42-15-22-73(117)87(134)102-41-37-62(95)77(124)108-66(21-14-40-104-93(99)100)81(128)113-69(84(131)116-72)47-57-29-35-61(122)36-30-57/h25-36,49,52-54,62-75,120-122H,4-24,37-48,50-51,94-96H2,1-3H3,(H,101,105)(H,102,134)(H,106,129)(H,107,126)(H,108,124)(H,109,130)(H,110,132)(H,111,127)(H,112,125)(H,113,128)(H,114,133)(H,115,123)(H,116,131)(H,138,139)(H4,97,98,103)(H4,99,100,104)/t53-,54-,62-,63-,64-,65-,66-,67-,68-,69-,70-,71-,72-,73+,74+,75-/m0/s1. The largest absolute Gasteiger partial charge is 0.508 e. The number of carboxylic acids is 1. The van der Waals surface area contributed by atoms with Crippen molar-refractivity contribution in [3.63, 3.8) is 0 Å². The van der Waals surface area contributed by atoms with Crippen LogP contribution in [0.3, 0.4) is 0 Å². The Balaban J connectivity index is 1.20. The van der Waals surface area contributed by atoms with Crippen LogP contribution in [0, 0.1) is 10.8 Å². The van der Waals surface area contributed by atoms with Crippen LogP contribution in [0.5, 0.6) is 17.2 Å². The first kappa shape index (κ1) is 113. The number of benzene rings is 3. The molecular weight excluding hydrogens is 1870 g/mol. The summed E-state index contributed by atoms with van der Waals surface area (Å²) >= 11 is 0. The average Bonchev–Trinajstić information content (AvgIpc) is 1.66. The van der Waals surface area contributed by atoms with Crippen LogP contribution in [0.15, 0.2) is 85.3 Å². The number of carbonyl (C=O) groups is 16. The summed E-state index contributed by atoms with van der Waals surface area (Å²) in [5.41, 5.74) is 31.7. The SMILES string of the molecule is CCCCCCCCC[C@H](NC(=O)[C@H](Cc1ccc(O)cc1)NC(=O)[C@@H]1CSSC[C@H](NC(=O)[C@H](C)NC(=O)[C@H](Cc2cnc[nH]2)NC(=O)[C@@H](N)Cc2ccc(O)cc2)C(=O)N[C@@H](CCCNC(=N)N)C(=O)N[C@@H](C)C(=O)N2CCC[C@@H]2C(=O)NCC[C@H](N)C(=O)N[C@@H](CCCNC(=N)N)C(=O)N[C@@H](Cc2ccc(O)cc2)C(=O)N1)C(=O)N[C@@H](CCCCN)C(=O)N1CCC[C@@H]1C(=O)N1CCC[C@H]1C(=O)O. The van der Waals surface area contributed by atoms with E-state index in [1.54, 1.807) is 12.1 Å². The van der Waals surface area contributed by atoms with Crippen molar-refractivity contribution < 1.29 is 97.1 Å². The Morgan fingerprint density at radius 3 is 1.67 bits per heavy atom. The number of guanidine groups is 2. The van der Waals surface area contributed by atoms with Gasteiger partial charge in [0.05, 0.1) is 18.4 Å². The number of hydrogen-bond donors (Lipinski definition) is 26. The van der Waals surface area contributed by atoms with Crippen molar-refractivity contribution in [2.45, 2.75) is 284 Å². The number of aliphatic carboxylic acids is 1. The molecule has 3 aromatic carbocycles. The Bertz CT molecular complexity index is 4880. The number of aromatic hydroxyl groups is 3. The number of phenolic OH excluding ortho intramolecular Hbond substituents is 3. The van der Waals surface area contributed by atoms with Gasteiger partial charge >= 0.3 is 5.97 Å². The van der Waals surface area contributed by atoms with E-state index in [2.05, 4.69) is 91.3 Å². The highest BCUT2D eigenvalue weighted by Gasteiger charge is 2.46. The lowest BCUT2D eigenvalue weighted by Crippen LogP contribution is -2.61. The van der Waals surface area contributed by atoms with Gasteiger partial charge in [-0.05, 0) is 176 Å². The number of aromatic nitrogens is 2. The number of nitrogens with one attached hydrogen (secondary N) is 17. The summed E-state index contributed by atoms with van der Waals surface area (Å²) in [4.78, 5) is 247. The van der Waals surface area contributed by atoms with E-state index in [9.17, 15) is 63.6 Å². The molecule has 15 amide bonds. The van der Waals surface area contributed by atoms with Gasteiger partial charge < -0.3 is 143 Å². The summed E-state index contributed by atoms with van der Waals surface area (Å²) in [5.74, 6) is -16.7. The third-order valence-corrected chi connectivity index (χ3v) is 27.2. The first-order chi connectivity index (χ1) is 67.4. The Hall–Kier alpha value is -13.1. The number of nitrogens with two attached hydrogens (primary N) is 5. The molecule has 0 saturated carbocycles. The van der Waals surface area contributed by atoms with Gasteiger partial charge in [0.1, 0.15) is 102 Å². The number of carbonyl (C=O) groups excluding carboxylic acids is 15. The van der Waals surface area contributed by atoms with Gasteiger partial charge in [-0.15, -0.1) is 0 Å². The van der Waals surface area contributed by atoms with Crippen LogP contribution in [-0.4, -0.2) is 306 Å². The maximum Gasteiger partial charge on any atom is 0.326 e. The Labute approximate surface area is 826 Å². The van der Waals surface area contributed by atoms with E-state index in [1.807, 2.05) is 0 Å². The first-order valence-corrected chi connectivity index (χ1v) is 50.6. The Kier molecular flexibility index (Phi) is 46.7. The normalized spacial score (nSPS) is 21.7. The zero-order valence-electron chi connectivity index (χ0n) is 79.9. The van der Waals surface area contributed by atoms with E-state index in [-0.39, 0.29) is 140 Å². The first-order valence-electron chi connectivity index (χ1n) is 48.1. The number of aromatic amines is 1. The predicted octanol–water partition coefficient (Wildman–Crippen LogP) is -2.42. The zero-order valence-corrected chi connectivity index (χ0v) is 81.5. The van der Waals surface area contributed by atoms with Crippen molar-refractivity contribution in [1.29, 1.82) is 10.8 Å². The molecule has 1 aromatic heterocycles. The number of imidazole rings is 1. The summed E-state index contributed by atoms with van der Waals surface area (Å²) in [6, 6.07) is -6.27. The number of unbranched alkanes of at least 4 members (excludes halogenated alkanes) is 7. The number of amides is 15. The number of carboxylic acid groups (broad SMARTS) is 1. The van der Waals surface area contributed by atoms with Crippen LogP contribution >= 0.6 is 21.6 Å². The molecule has 0 spiro atoms. The second-order valence-corrected chi connectivity index (χ2v) is 38.4. The van der Waals surface area contributed by atoms with Gasteiger partial charge in [0.15, 0.2) is 11.9 Å². The number of rotatable bonds is 43. The van der Waals surface area contributed by atoms with E-state index in [0.717, 1.165) is 53.7 Å². The molecule has 4 fully saturated rings. The molecule has 4 aliphatic heterocycles. The molecular formula is C93H140N26O20S2. The van der Waals surface area contributed by atoms with E-state index in [0.29, 0.717) is 67.3 Å². The lowest BCUT2D eigenvalue weighted by molar-refractivity contribution is -0.152. The molecule has 0 aliphatic carbocycles. The van der Waals surface area contributed by atoms with E-state index in [4.69, 9.17) is 39.5 Å². The molecule has 0 bridgehead atoms. The highest BCUT2D eigenvalue weighted by molar-refractivity contribution is 8.76. The minimum atomic E-state index is -1.86. The van der Waals surface area contributed by atoms with E-state index >= 15 is 33.6 Å².